The number of hydrogen-bond donors (Lipinski definition) is 0. The molecule has 1 aliphatic heterocycles. The van der Waals surface area contributed by atoms with Crippen LogP contribution in [0.1, 0.15) is 0 Å². The van der Waals surface area contributed by atoms with Crippen LogP contribution in [0.4, 0.5) is 0 Å². The zero-order valence-electron chi connectivity index (χ0n) is 14.3. The summed E-state index contributed by atoms with van der Waals surface area (Å²) in [6.07, 6.45) is 0. The molecule has 22 heavy (non-hydrogen) atoms. The van der Waals surface area contributed by atoms with Gasteiger partial charge in [-0.2, -0.15) is 0 Å². The maximum Gasteiger partial charge on any atom is 0.0791 e. The van der Waals surface area contributed by atoms with E-state index in [9.17, 15) is 0 Å². The molecule has 0 aromatic heterocycles. The van der Waals surface area contributed by atoms with Gasteiger partial charge in [0.1, 0.15) is 0 Å². The predicted molar refractivity (Wildman–Crippen MR) is 107 cm³/mol. The molecule has 0 N–H and O–H groups in total. The first-order valence-corrected chi connectivity index (χ1v) is 16.4. The van der Waals surface area contributed by atoms with Crippen LogP contribution in [0, 0.1) is 0 Å². The molecule has 0 amide bonds. The summed E-state index contributed by atoms with van der Waals surface area (Å²) in [6, 6.07) is 13.8. The van der Waals surface area contributed by atoms with Crippen LogP contribution in [0.15, 0.2) is 56.0 Å². The van der Waals surface area contributed by atoms with E-state index < -0.39 is 16.1 Å². The second-order valence-corrected chi connectivity index (χ2v) is 20.2. The Morgan fingerprint density at radius 3 is 1.36 bits per heavy atom. The van der Waals surface area contributed by atoms with Gasteiger partial charge in [-0.3, -0.25) is 0 Å². The molecular formula is C18H24S2Si2. The van der Waals surface area contributed by atoms with E-state index in [0.29, 0.717) is 0 Å². The van der Waals surface area contributed by atoms with Crippen molar-refractivity contribution in [1.82, 2.24) is 0 Å². The molecule has 2 aromatic carbocycles. The van der Waals surface area contributed by atoms with Crippen LogP contribution < -0.4 is 10.4 Å². The second kappa shape index (κ2) is 5.58. The van der Waals surface area contributed by atoms with Crippen LogP contribution in [0.2, 0.25) is 39.3 Å². The van der Waals surface area contributed by atoms with Gasteiger partial charge in [0.05, 0.1) is 16.1 Å². The normalized spacial score (nSPS) is 14.5. The minimum absolute atomic E-state index is 1.32. The van der Waals surface area contributed by atoms with Crippen molar-refractivity contribution in [3.8, 4) is 0 Å². The van der Waals surface area contributed by atoms with Crippen LogP contribution in [0.25, 0.3) is 0 Å². The highest BCUT2D eigenvalue weighted by Crippen LogP contribution is 2.47. The third kappa shape index (κ3) is 2.98. The second-order valence-electron chi connectivity index (χ2n) is 7.97. The van der Waals surface area contributed by atoms with E-state index in [-0.39, 0.29) is 0 Å². The van der Waals surface area contributed by atoms with Gasteiger partial charge in [0.2, 0.25) is 0 Å². The van der Waals surface area contributed by atoms with Crippen LogP contribution in [0.5, 0.6) is 0 Å². The minimum Gasteiger partial charge on any atom is -0.0880 e. The maximum atomic E-state index is 2.45. The lowest BCUT2D eigenvalue weighted by molar-refractivity contribution is 1.18. The molecule has 0 saturated carbocycles. The molecule has 0 saturated heterocycles. The van der Waals surface area contributed by atoms with Crippen molar-refractivity contribution in [2.45, 2.75) is 58.9 Å². The standard InChI is InChI=1S/C18H24S2Si2/c1-21(2,3)15-11-7-9-13-17(15)20-18-14(19-13)10-8-12-16(18)22(4,5)6/h7-12H,1-6H3. The fourth-order valence-electron chi connectivity index (χ4n) is 2.80. The average Bonchev–Trinajstić information content (AvgIpc) is 2.41. The summed E-state index contributed by atoms with van der Waals surface area (Å²) in [4.78, 5) is 5.96. The van der Waals surface area contributed by atoms with Gasteiger partial charge >= 0.3 is 0 Å². The molecule has 0 aliphatic carbocycles. The van der Waals surface area contributed by atoms with Gasteiger partial charge in [-0.05, 0) is 22.5 Å². The fourth-order valence-corrected chi connectivity index (χ4v) is 10.3. The van der Waals surface area contributed by atoms with Crippen molar-refractivity contribution in [3.05, 3.63) is 36.4 Å². The minimum atomic E-state index is -1.32. The van der Waals surface area contributed by atoms with E-state index in [1.54, 1.807) is 10.4 Å². The number of fused-ring (bicyclic) bond motifs is 2. The fraction of sp³-hybridized carbons (Fsp3) is 0.333. The average molecular weight is 361 g/mol. The largest absolute Gasteiger partial charge is 0.0880 e. The van der Waals surface area contributed by atoms with Crippen LogP contribution in [-0.4, -0.2) is 16.1 Å². The Bertz CT molecular complexity index is 663. The molecule has 1 heterocycles. The summed E-state index contributed by atoms with van der Waals surface area (Å²) in [7, 11) is -2.64. The lowest BCUT2D eigenvalue weighted by atomic mass is 10.3. The molecule has 4 heteroatoms. The van der Waals surface area contributed by atoms with Crippen molar-refractivity contribution < 1.29 is 0 Å². The Morgan fingerprint density at radius 2 is 1.00 bits per heavy atom. The molecular weight excluding hydrogens is 337 g/mol. The molecule has 0 fully saturated rings. The molecule has 0 unspecified atom stereocenters. The van der Waals surface area contributed by atoms with Gasteiger partial charge in [-0.15, -0.1) is 0 Å². The lowest BCUT2D eigenvalue weighted by Crippen LogP contribution is -2.41. The van der Waals surface area contributed by atoms with Gasteiger partial charge in [-0.1, -0.05) is 87.1 Å². The van der Waals surface area contributed by atoms with E-state index >= 15 is 0 Å². The van der Waals surface area contributed by atoms with Gasteiger partial charge in [0.25, 0.3) is 0 Å². The number of hydrogen-bond acceptors (Lipinski definition) is 2. The summed E-state index contributed by atoms with van der Waals surface area (Å²) in [5, 5.41) is 3.22. The van der Waals surface area contributed by atoms with Crippen molar-refractivity contribution >= 4 is 50.0 Å². The zero-order valence-corrected chi connectivity index (χ0v) is 17.9. The molecule has 3 rings (SSSR count). The van der Waals surface area contributed by atoms with E-state index in [1.807, 2.05) is 23.5 Å². The SMILES string of the molecule is C[Si](C)(C)c1cccc2c1Sc1c(cccc1[Si](C)(C)C)S2. The molecule has 116 valence electrons. The molecule has 1 aliphatic rings. The molecule has 2 aromatic rings. The summed E-state index contributed by atoms with van der Waals surface area (Å²) in [6.45, 7) is 14.7. The topological polar surface area (TPSA) is 0 Å². The first-order valence-electron chi connectivity index (χ1n) is 7.80. The third-order valence-electron chi connectivity index (χ3n) is 4.00. The monoisotopic (exact) mass is 360 g/mol. The summed E-state index contributed by atoms with van der Waals surface area (Å²) in [5.74, 6) is 0. The van der Waals surface area contributed by atoms with E-state index in [1.165, 1.54) is 19.6 Å². The highest BCUT2D eigenvalue weighted by molar-refractivity contribution is 8.05. The van der Waals surface area contributed by atoms with Gasteiger partial charge in [0.15, 0.2) is 0 Å². The van der Waals surface area contributed by atoms with Gasteiger partial charge in [-0.25, -0.2) is 0 Å². The summed E-state index contributed by atoms with van der Waals surface area (Å²) in [5.41, 5.74) is 0. The maximum absolute atomic E-state index is 2.45. The van der Waals surface area contributed by atoms with E-state index in [2.05, 4.69) is 75.7 Å². The number of rotatable bonds is 2. The van der Waals surface area contributed by atoms with Crippen molar-refractivity contribution in [3.63, 3.8) is 0 Å². The molecule has 0 atom stereocenters. The van der Waals surface area contributed by atoms with Crippen LogP contribution >= 0.6 is 23.5 Å². The zero-order chi connectivity index (χ0) is 16.1. The highest BCUT2D eigenvalue weighted by atomic mass is 32.2. The van der Waals surface area contributed by atoms with Crippen molar-refractivity contribution in [2.75, 3.05) is 0 Å². The first-order chi connectivity index (χ1) is 10.2. The van der Waals surface area contributed by atoms with Crippen LogP contribution in [-0.2, 0) is 0 Å². The lowest BCUT2D eigenvalue weighted by Gasteiger charge is -2.30. The summed E-state index contributed by atoms with van der Waals surface area (Å²) >= 11 is 4.00. The van der Waals surface area contributed by atoms with E-state index in [4.69, 9.17) is 0 Å². The summed E-state index contributed by atoms with van der Waals surface area (Å²) < 4.78 is 0. The Labute approximate surface area is 145 Å². The van der Waals surface area contributed by atoms with Gasteiger partial charge in [0, 0.05) is 19.6 Å². The Balaban J connectivity index is 2.17. The Morgan fingerprint density at radius 1 is 0.591 bits per heavy atom. The van der Waals surface area contributed by atoms with Crippen LogP contribution in [0.3, 0.4) is 0 Å². The number of benzene rings is 2. The Hall–Kier alpha value is -0.426. The molecule has 0 radical (unpaired) electrons. The highest BCUT2D eigenvalue weighted by Gasteiger charge is 2.30. The molecule has 0 nitrogen and oxygen atoms in total. The van der Waals surface area contributed by atoms with Crippen molar-refractivity contribution in [1.29, 1.82) is 0 Å². The molecule has 0 bridgehead atoms. The quantitative estimate of drug-likeness (QED) is 0.562. The Kier molecular flexibility index (Phi) is 4.17. The van der Waals surface area contributed by atoms with Gasteiger partial charge < -0.3 is 0 Å². The third-order valence-corrected chi connectivity index (χ3v) is 11.1. The van der Waals surface area contributed by atoms with Crippen molar-refractivity contribution in [2.24, 2.45) is 0 Å². The van der Waals surface area contributed by atoms with E-state index in [0.717, 1.165) is 0 Å². The molecule has 0 spiro atoms. The predicted octanol–water partition coefficient (Wildman–Crippen LogP) is 5.39. The smallest absolute Gasteiger partial charge is 0.0791 e. The first kappa shape index (κ1) is 16.4.